The number of hydrogen-bond acceptors (Lipinski definition) is 4. The number of fused-ring (bicyclic) bond motifs is 2. The number of hydrogen-bond donors (Lipinski definition) is 0. The van der Waals surface area contributed by atoms with Crippen LogP contribution in [0.2, 0.25) is 5.02 Å². The Morgan fingerprint density at radius 2 is 1.83 bits per heavy atom. The number of rotatable bonds is 3. The lowest BCUT2D eigenvalue weighted by Crippen LogP contribution is -2.24. The Bertz CT molecular complexity index is 1210. The molecular formula is C25H21ClN2OS. The maximum absolute atomic E-state index is 6.60. The van der Waals surface area contributed by atoms with Gasteiger partial charge < -0.3 is 9.64 Å². The summed E-state index contributed by atoms with van der Waals surface area (Å²) < 4.78 is 6.01. The SMILES string of the molecule is Cc1ccc2nc(N3CCSc4cc(Oc5ccccc5)ccc4C3)cc(Cl)c2c1. The third kappa shape index (κ3) is 3.98. The molecule has 0 N–H and O–H groups in total. The van der Waals surface area contributed by atoms with Gasteiger partial charge in [0.25, 0.3) is 0 Å². The molecule has 30 heavy (non-hydrogen) atoms. The van der Waals surface area contributed by atoms with Crippen molar-refractivity contribution in [2.45, 2.75) is 18.4 Å². The molecule has 0 spiro atoms. The molecule has 0 radical (unpaired) electrons. The minimum Gasteiger partial charge on any atom is -0.457 e. The van der Waals surface area contributed by atoms with Gasteiger partial charge >= 0.3 is 0 Å². The van der Waals surface area contributed by atoms with Gasteiger partial charge in [0.2, 0.25) is 0 Å². The molecule has 3 nitrogen and oxygen atoms in total. The van der Waals surface area contributed by atoms with Crippen LogP contribution in [0.5, 0.6) is 11.5 Å². The number of anilines is 1. The van der Waals surface area contributed by atoms with Crippen molar-refractivity contribution in [3.05, 3.63) is 88.9 Å². The first-order valence-corrected chi connectivity index (χ1v) is 11.3. The zero-order chi connectivity index (χ0) is 20.5. The van der Waals surface area contributed by atoms with Crippen molar-refractivity contribution in [3.8, 4) is 11.5 Å². The van der Waals surface area contributed by atoms with Crippen LogP contribution >= 0.6 is 23.4 Å². The number of halogens is 1. The van der Waals surface area contributed by atoms with Crippen LogP contribution in [0.3, 0.4) is 0 Å². The fourth-order valence-electron chi connectivity index (χ4n) is 3.68. The monoisotopic (exact) mass is 432 g/mol. The van der Waals surface area contributed by atoms with E-state index in [1.165, 1.54) is 16.0 Å². The summed E-state index contributed by atoms with van der Waals surface area (Å²) in [5, 5.41) is 1.76. The normalized spacial score (nSPS) is 13.7. The van der Waals surface area contributed by atoms with Gasteiger partial charge in [0, 0.05) is 29.1 Å². The molecular weight excluding hydrogens is 412 g/mol. The molecule has 0 saturated heterocycles. The van der Waals surface area contributed by atoms with Crippen molar-refractivity contribution < 1.29 is 4.74 Å². The van der Waals surface area contributed by atoms with Gasteiger partial charge in [0.15, 0.2) is 0 Å². The summed E-state index contributed by atoms with van der Waals surface area (Å²) in [7, 11) is 0. The molecule has 5 rings (SSSR count). The van der Waals surface area contributed by atoms with E-state index in [1.807, 2.05) is 60.3 Å². The molecule has 0 atom stereocenters. The predicted octanol–water partition coefficient (Wildman–Crippen LogP) is 7.10. The Hall–Kier alpha value is -2.69. The Kier molecular flexibility index (Phi) is 5.28. The van der Waals surface area contributed by atoms with Gasteiger partial charge in [0.1, 0.15) is 17.3 Å². The summed E-state index contributed by atoms with van der Waals surface area (Å²) >= 11 is 8.46. The van der Waals surface area contributed by atoms with Gasteiger partial charge in [-0.05, 0) is 55.0 Å². The van der Waals surface area contributed by atoms with Gasteiger partial charge in [-0.15, -0.1) is 11.8 Å². The first-order chi connectivity index (χ1) is 14.7. The number of thioether (sulfide) groups is 1. The molecule has 1 aliphatic heterocycles. The van der Waals surface area contributed by atoms with Crippen molar-refractivity contribution in [3.63, 3.8) is 0 Å². The van der Waals surface area contributed by atoms with E-state index >= 15 is 0 Å². The molecule has 0 aliphatic carbocycles. The molecule has 1 aromatic heterocycles. The van der Waals surface area contributed by atoms with Gasteiger partial charge in [-0.2, -0.15) is 0 Å². The topological polar surface area (TPSA) is 25.4 Å². The third-order valence-corrected chi connectivity index (χ3v) is 6.61. The fraction of sp³-hybridized carbons (Fsp3) is 0.160. The van der Waals surface area contributed by atoms with Crippen LogP contribution in [0.25, 0.3) is 10.9 Å². The Morgan fingerprint density at radius 3 is 2.70 bits per heavy atom. The average Bonchev–Trinajstić information content (AvgIpc) is 2.97. The minimum atomic E-state index is 0.752. The number of aryl methyl sites for hydroxylation is 1. The number of ether oxygens (including phenoxy) is 1. The van der Waals surface area contributed by atoms with Crippen molar-refractivity contribution in [1.29, 1.82) is 0 Å². The molecule has 3 aromatic carbocycles. The fourth-order valence-corrected chi connectivity index (χ4v) is 4.98. The van der Waals surface area contributed by atoms with E-state index in [0.29, 0.717) is 0 Å². The molecule has 0 unspecified atom stereocenters. The Labute approximate surface area is 185 Å². The molecule has 150 valence electrons. The van der Waals surface area contributed by atoms with E-state index < -0.39 is 0 Å². The van der Waals surface area contributed by atoms with E-state index in [2.05, 4.69) is 36.1 Å². The second-order valence-corrected chi connectivity index (χ2v) is 8.98. The third-order valence-electron chi connectivity index (χ3n) is 5.22. The first-order valence-electron chi connectivity index (χ1n) is 9.96. The van der Waals surface area contributed by atoms with Crippen LogP contribution in [-0.4, -0.2) is 17.3 Å². The summed E-state index contributed by atoms with van der Waals surface area (Å²) in [5.74, 6) is 3.62. The van der Waals surface area contributed by atoms with E-state index in [4.69, 9.17) is 21.3 Å². The van der Waals surface area contributed by atoms with E-state index in [9.17, 15) is 0 Å². The summed E-state index contributed by atoms with van der Waals surface area (Å²) in [5.41, 5.74) is 3.40. The maximum atomic E-state index is 6.60. The summed E-state index contributed by atoms with van der Waals surface area (Å²) in [6.07, 6.45) is 0. The van der Waals surface area contributed by atoms with Gasteiger partial charge in [-0.3, -0.25) is 0 Å². The average molecular weight is 433 g/mol. The highest BCUT2D eigenvalue weighted by molar-refractivity contribution is 7.99. The van der Waals surface area contributed by atoms with Crippen LogP contribution in [0.15, 0.2) is 77.7 Å². The second kappa shape index (κ2) is 8.21. The number of nitrogens with zero attached hydrogens (tertiary/aromatic N) is 2. The molecule has 0 saturated carbocycles. The van der Waals surface area contributed by atoms with Gasteiger partial charge in [-0.25, -0.2) is 4.98 Å². The Morgan fingerprint density at radius 1 is 0.967 bits per heavy atom. The van der Waals surface area contributed by atoms with Crippen molar-refractivity contribution in [1.82, 2.24) is 4.98 Å². The molecule has 5 heteroatoms. The lowest BCUT2D eigenvalue weighted by molar-refractivity contribution is 0.481. The van der Waals surface area contributed by atoms with Crippen molar-refractivity contribution >= 4 is 40.1 Å². The van der Waals surface area contributed by atoms with Crippen LogP contribution in [0, 0.1) is 6.92 Å². The lowest BCUT2D eigenvalue weighted by Gasteiger charge is -2.22. The van der Waals surface area contributed by atoms with Crippen LogP contribution in [0.4, 0.5) is 5.82 Å². The molecule has 2 heterocycles. The quantitative estimate of drug-likeness (QED) is 0.344. The zero-order valence-electron chi connectivity index (χ0n) is 16.6. The lowest BCUT2D eigenvalue weighted by atomic mass is 10.1. The van der Waals surface area contributed by atoms with Crippen LogP contribution in [0.1, 0.15) is 11.1 Å². The van der Waals surface area contributed by atoms with Crippen molar-refractivity contribution in [2.24, 2.45) is 0 Å². The predicted molar refractivity (Wildman–Crippen MR) is 126 cm³/mol. The largest absolute Gasteiger partial charge is 0.457 e. The first kappa shape index (κ1) is 19.3. The highest BCUT2D eigenvalue weighted by Gasteiger charge is 2.18. The van der Waals surface area contributed by atoms with E-state index in [1.54, 1.807) is 0 Å². The van der Waals surface area contributed by atoms with Gasteiger partial charge in [-0.1, -0.05) is 47.5 Å². The van der Waals surface area contributed by atoms with E-state index in [-0.39, 0.29) is 0 Å². The Balaban J connectivity index is 1.42. The number of para-hydroxylation sites is 1. The highest BCUT2D eigenvalue weighted by Crippen LogP contribution is 2.35. The maximum Gasteiger partial charge on any atom is 0.131 e. The standard InChI is InChI=1S/C25H21ClN2OS/c1-17-7-10-23-21(13-17)22(26)15-25(27-23)28-11-12-30-24-14-20(9-8-18(24)16-28)29-19-5-3-2-4-6-19/h2-10,13-15H,11-12,16H2,1H3. The number of pyridine rings is 1. The summed E-state index contributed by atoms with van der Waals surface area (Å²) in [6, 6.07) is 24.4. The number of benzene rings is 3. The second-order valence-electron chi connectivity index (χ2n) is 7.44. The zero-order valence-corrected chi connectivity index (χ0v) is 18.2. The van der Waals surface area contributed by atoms with E-state index in [0.717, 1.165) is 52.1 Å². The highest BCUT2D eigenvalue weighted by atomic mass is 35.5. The molecule has 0 fully saturated rings. The smallest absolute Gasteiger partial charge is 0.131 e. The van der Waals surface area contributed by atoms with Crippen molar-refractivity contribution in [2.75, 3.05) is 17.2 Å². The van der Waals surface area contributed by atoms with Gasteiger partial charge in [0.05, 0.1) is 10.5 Å². The summed E-state index contributed by atoms with van der Waals surface area (Å²) in [6.45, 7) is 3.78. The summed E-state index contributed by atoms with van der Waals surface area (Å²) in [4.78, 5) is 8.46. The minimum absolute atomic E-state index is 0.752. The number of aromatic nitrogens is 1. The van der Waals surface area contributed by atoms with Crippen LogP contribution < -0.4 is 9.64 Å². The van der Waals surface area contributed by atoms with Crippen LogP contribution in [-0.2, 0) is 6.54 Å². The molecule has 0 amide bonds. The molecule has 0 bridgehead atoms. The molecule has 1 aliphatic rings. The molecule has 4 aromatic rings.